The van der Waals surface area contributed by atoms with E-state index >= 15 is 0 Å². The van der Waals surface area contributed by atoms with Crippen molar-refractivity contribution < 1.29 is 4.79 Å². The number of carbonyl (C=O) groups excluding carboxylic acids is 1. The number of hydrogen-bond donors (Lipinski definition) is 1. The summed E-state index contributed by atoms with van der Waals surface area (Å²) in [7, 11) is 0. The third-order valence-electron chi connectivity index (χ3n) is 2.62. The van der Waals surface area contributed by atoms with Gasteiger partial charge in [-0.05, 0) is 19.4 Å². The van der Waals surface area contributed by atoms with Gasteiger partial charge in [0, 0.05) is 5.38 Å². The lowest BCUT2D eigenvalue weighted by molar-refractivity contribution is -0.120. The van der Waals surface area contributed by atoms with Crippen LogP contribution in [0.3, 0.4) is 0 Å². The predicted molar refractivity (Wildman–Crippen MR) is 73.6 cm³/mol. The Hall–Kier alpha value is -1.68. The van der Waals surface area contributed by atoms with Crippen LogP contribution in [0.15, 0.2) is 29.6 Å². The van der Waals surface area contributed by atoms with Crippen molar-refractivity contribution in [3.05, 3.63) is 51.5 Å². The average Bonchev–Trinajstić information content (AvgIpc) is 2.76. The Morgan fingerprint density at radius 2 is 2.00 bits per heavy atom. The lowest BCUT2D eigenvalue weighted by Crippen LogP contribution is -2.24. The van der Waals surface area contributed by atoms with E-state index in [-0.39, 0.29) is 5.91 Å². The maximum atomic E-state index is 11.7. The van der Waals surface area contributed by atoms with Crippen LogP contribution in [-0.4, -0.2) is 10.9 Å². The van der Waals surface area contributed by atoms with Crippen LogP contribution in [0.1, 0.15) is 21.8 Å². The highest BCUT2D eigenvalue weighted by Gasteiger charge is 2.04. The Bertz CT molecular complexity index is 531. The number of hydrogen-bond acceptors (Lipinski definition) is 3. The van der Waals surface area contributed by atoms with Crippen LogP contribution in [0, 0.1) is 13.8 Å². The first kappa shape index (κ1) is 12.8. The van der Waals surface area contributed by atoms with E-state index in [1.54, 1.807) is 11.3 Å². The molecule has 0 atom stereocenters. The van der Waals surface area contributed by atoms with Crippen LogP contribution in [-0.2, 0) is 17.8 Å². The highest BCUT2D eigenvalue weighted by atomic mass is 32.1. The third-order valence-corrected chi connectivity index (χ3v) is 3.44. The molecule has 0 aliphatic carbocycles. The topological polar surface area (TPSA) is 42.0 Å². The van der Waals surface area contributed by atoms with Gasteiger partial charge in [-0.3, -0.25) is 4.79 Å². The van der Waals surface area contributed by atoms with Crippen LogP contribution in [0.2, 0.25) is 0 Å². The van der Waals surface area contributed by atoms with Crippen molar-refractivity contribution in [3.63, 3.8) is 0 Å². The summed E-state index contributed by atoms with van der Waals surface area (Å²) in [5, 5.41) is 5.88. The fourth-order valence-electron chi connectivity index (χ4n) is 1.63. The summed E-state index contributed by atoms with van der Waals surface area (Å²) in [4.78, 5) is 16.0. The van der Waals surface area contributed by atoms with Crippen LogP contribution < -0.4 is 5.32 Å². The molecule has 0 fully saturated rings. The lowest BCUT2D eigenvalue weighted by Gasteiger charge is -2.04. The van der Waals surface area contributed by atoms with Crippen molar-refractivity contribution in [1.29, 1.82) is 0 Å². The summed E-state index contributed by atoms with van der Waals surface area (Å²) in [6.45, 7) is 4.51. The van der Waals surface area contributed by atoms with Crippen LogP contribution >= 0.6 is 11.3 Å². The molecule has 4 heteroatoms. The molecule has 0 spiro atoms. The van der Waals surface area contributed by atoms with E-state index < -0.39 is 0 Å². The normalized spacial score (nSPS) is 10.3. The smallest absolute Gasteiger partial charge is 0.224 e. The molecule has 1 amide bonds. The van der Waals surface area contributed by atoms with Gasteiger partial charge in [0.05, 0.1) is 23.7 Å². The molecule has 1 heterocycles. The molecule has 0 saturated heterocycles. The van der Waals surface area contributed by atoms with Gasteiger partial charge in [0.2, 0.25) is 5.91 Å². The van der Waals surface area contributed by atoms with E-state index in [4.69, 9.17) is 0 Å². The summed E-state index contributed by atoms with van der Waals surface area (Å²) in [6, 6.07) is 8.02. The number of amides is 1. The van der Waals surface area contributed by atoms with Gasteiger partial charge in [-0.15, -0.1) is 11.3 Å². The summed E-state index contributed by atoms with van der Waals surface area (Å²) in [6.07, 6.45) is 0.420. The minimum Gasteiger partial charge on any atom is -0.350 e. The Balaban J connectivity index is 1.83. The monoisotopic (exact) mass is 260 g/mol. The molecule has 2 rings (SSSR count). The van der Waals surface area contributed by atoms with E-state index in [0.717, 1.165) is 16.3 Å². The van der Waals surface area contributed by atoms with Gasteiger partial charge in [-0.2, -0.15) is 0 Å². The first-order chi connectivity index (χ1) is 8.63. The van der Waals surface area contributed by atoms with Crippen LogP contribution in [0.25, 0.3) is 0 Å². The Labute approximate surface area is 111 Å². The molecule has 0 unspecified atom stereocenters. The van der Waals surface area contributed by atoms with Gasteiger partial charge in [0.15, 0.2) is 0 Å². The summed E-state index contributed by atoms with van der Waals surface area (Å²) in [5.41, 5.74) is 3.17. The predicted octanol–water partition coefficient (Wildman–Crippen LogP) is 2.62. The first-order valence-corrected chi connectivity index (χ1v) is 6.75. The van der Waals surface area contributed by atoms with Gasteiger partial charge in [-0.1, -0.05) is 29.8 Å². The first-order valence-electron chi connectivity index (χ1n) is 5.87. The maximum Gasteiger partial charge on any atom is 0.224 e. The Morgan fingerprint density at radius 3 is 2.61 bits per heavy atom. The van der Waals surface area contributed by atoms with E-state index in [0.29, 0.717) is 13.0 Å². The number of thiazole rings is 1. The fraction of sp³-hybridized carbons (Fsp3) is 0.286. The summed E-state index contributed by atoms with van der Waals surface area (Å²) < 4.78 is 0. The number of nitrogens with zero attached hydrogens (tertiary/aromatic N) is 1. The standard InChI is InChI=1S/C14H16N2OS/c1-10-3-5-12(6-4-10)7-14(17)15-8-13-9-18-11(2)16-13/h3-6,9H,7-8H2,1-2H3,(H,15,17). The summed E-state index contributed by atoms with van der Waals surface area (Å²) >= 11 is 1.60. The van der Waals surface area contributed by atoms with Crippen molar-refractivity contribution in [2.24, 2.45) is 0 Å². The molecule has 0 aliphatic rings. The van der Waals surface area contributed by atoms with Gasteiger partial charge in [0.1, 0.15) is 0 Å². The molecule has 1 N–H and O–H groups in total. The lowest BCUT2D eigenvalue weighted by atomic mass is 10.1. The quantitative estimate of drug-likeness (QED) is 0.918. The second-order valence-electron chi connectivity index (χ2n) is 4.30. The van der Waals surface area contributed by atoms with E-state index in [1.807, 2.05) is 43.5 Å². The van der Waals surface area contributed by atoms with Gasteiger partial charge in [0.25, 0.3) is 0 Å². The molecule has 0 bridgehead atoms. The molecular formula is C14H16N2OS. The zero-order valence-corrected chi connectivity index (χ0v) is 11.4. The minimum absolute atomic E-state index is 0.0320. The molecular weight excluding hydrogens is 244 g/mol. The largest absolute Gasteiger partial charge is 0.350 e. The minimum atomic E-state index is 0.0320. The van der Waals surface area contributed by atoms with E-state index in [2.05, 4.69) is 10.3 Å². The fourth-order valence-corrected chi connectivity index (χ4v) is 2.24. The molecule has 0 saturated carbocycles. The van der Waals surface area contributed by atoms with E-state index in [9.17, 15) is 4.79 Å². The number of rotatable bonds is 4. The molecule has 18 heavy (non-hydrogen) atoms. The average molecular weight is 260 g/mol. The van der Waals surface area contributed by atoms with Crippen LogP contribution in [0.4, 0.5) is 0 Å². The Kier molecular flexibility index (Phi) is 4.10. The second kappa shape index (κ2) is 5.78. The van der Waals surface area contributed by atoms with Crippen LogP contribution in [0.5, 0.6) is 0 Å². The number of aromatic nitrogens is 1. The SMILES string of the molecule is Cc1ccc(CC(=O)NCc2csc(C)n2)cc1. The number of aryl methyl sites for hydroxylation is 2. The molecule has 0 radical (unpaired) electrons. The molecule has 1 aromatic carbocycles. The van der Waals surface area contributed by atoms with Crippen molar-refractivity contribution in [3.8, 4) is 0 Å². The highest BCUT2D eigenvalue weighted by molar-refractivity contribution is 7.09. The zero-order valence-electron chi connectivity index (χ0n) is 10.6. The van der Waals surface area contributed by atoms with Crippen molar-refractivity contribution >= 4 is 17.2 Å². The summed E-state index contributed by atoms with van der Waals surface area (Å²) in [5.74, 6) is 0.0320. The number of benzene rings is 1. The number of carbonyl (C=O) groups is 1. The van der Waals surface area contributed by atoms with Crippen molar-refractivity contribution in [2.75, 3.05) is 0 Å². The molecule has 94 valence electrons. The van der Waals surface area contributed by atoms with Crippen molar-refractivity contribution in [1.82, 2.24) is 10.3 Å². The molecule has 3 nitrogen and oxygen atoms in total. The molecule has 1 aromatic heterocycles. The second-order valence-corrected chi connectivity index (χ2v) is 5.36. The van der Waals surface area contributed by atoms with Gasteiger partial charge in [-0.25, -0.2) is 4.98 Å². The highest BCUT2D eigenvalue weighted by Crippen LogP contribution is 2.08. The number of nitrogens with one attached hydrogen (secondary N) is 1. The van der Waals surface area contributed by atoms with Crippen molar-refractivity contribution in [2.45, 2.75) is 26.8 Å². The zero-order chi connectivity index (χ0) is 13.0. The maximum absolute atomic E-state index is 11.7. The van der Waals surface area contributed by atoms with Gasteiger partial charge >= 0.3 is 0 Å². The van der Waals surface area contributed by atoms with E-state index in [1.165, 1.54) is 5.56 Å². The molecule has 0 aliphatic heterocycles. The third kappa shape index (κ3) is 3.67. The van der Waals surface area contributed by atoms with Gasteiger partial charge < -0.3 is 5.32 Å². The molecule has 2 aromatic rings. The Morgan fingerprint density at radius 1 is 1.28 bits per heavy atom.